The molecule has 1 aromatic carbocycles. The number of halogens is 2. The second kappa shape index (κ2) is 10.4. The summed E-state index contributed by atoms with van der Waals surface area (Å²) in [6.07, 6.45) is 1.23. The van der Waals surface area contributed by atoms with Gasteiger partial charge in [-0.05, 0) is 58.0 Å². The minimum Gasteiger partial charge on any atom is -0.411 e. The zero-order valence-electron chi connectivity index (χ0n) is 16.9. The third-order valence-corrected chi connectivity index (χ3v) is 9.51. The van der Waals surface area contributed by atoms with Gasteiger partial charge in [0.05, 0.1) is 21.7 Å². The van der Waals surface area contributed by atoms with E-state index < -0.39 is 37.2 Å². The summed E-state index contributed by atoms with van der Waals surface area (Å²) >= 11 is 3.09. The SMILES string of the molecule is O=S(=O)(CCCc1nonc1/C(Cc1ccc(F)c(Br)c1)=N/O)CCS(=O)(=O)N1CCC1. The van der Waals surface area contributed by atoms with Crippen molar-refractivity contribution < 1.29 is 31.1 Å². The molecule has 2 aromatic rings. The first-order valence-electron chi connectivity index (χ1n) is 9.76. The molecule has 0 amide bonds. The van der Waals surface area contributed by atoms with Gasteiger partial charge in [-0.15, -0.1) is 0 Å². The molecule has 1 saturated heterocycles. The van der Waals surface area contributed by atoms with Gasteiger partial charge in [-0.1, -0.05) is 16.4 Å². The normalized spacial score (nSPS) is 15.6. The number of sulfonamides is 1. The van der Waals surface area contributed by atoms with E-state index in [4.69, 9.17) is 4.63 Å². The predicted molar refractivity (Wildman–Crippen MR) is 117 cm³/mol. The molecule has 0 bridgehead atoms. The van der Waals surface area contributed by atoms with Crippen LogP contribution >= 0.6 is 15.9 Å². The van der Waals surface area contributed by atoms with Crippen LogP contribution in [0.2, 0.25) is 0 Å². The highest BCUT2D eigenvalue weighted by atomic mass is 79.9. The van der Waals surface area contributed by atoms with Crippen molar-refractivity contribution in [3.63, 3.8) is 0 Å². The van der Waals surface area contributed by atoms with Gasteiger partial charge in [0.1, 0.15) is 17.2 Å². The summed E-state index contributed by atoms with van der Waals surface area (Å²) in [6.45, 7) is 0.877. The summed E-state index contributed by atoms with van der Waals surface area (Å²) in [6, 6.07) is 4.33. The molecule has 0 unspecified atom stereocenters. The van der Waals surface area contributed by atoms with Crippen LogP contribution in [-0.2, 0) is 32.7 Å². The number of nitrogens with zero attached hydrogens (tertiary/aromatic N) is 4. The highest BCUT2D eigenvalue weighted by Crippen LogP contribution is 2.19. The van der Waals surface area contributed by atoms with E-state index in [2.05, 4.69) is 31.4 Å². The van der Waals surface area contributed by atoms with Crippen molar-refractivity contribution in [1.29, 1.82) is 0 Å². The Morgan fingerprint density at radius 1 is 1.19 bits per heavy atom. The molecule has 0 spiro atoms. The largest absolute Gasteiger partial charge is 0.411 e. The predicted octanol–water partition coefficient (Wildman–Crippen LogP) is 1.78. The fraction of sp³-hybridized carbons (Fsp3) is 0.500. The first-order chi connectivity index (χ1) is 15.1. The Hall–Kier alpha value is -1.90. The molecule has 10 nitrogen and oxygen atoms in total. The Morgan fingerprint density at radius 2 is 1.94 bits per heavy atom. The summed E-state index contributed by atoms with van der Waals surface area (Å²) in [7, 11) is -7.12. The highest BCUT2D eigenvalue weighted by molar-refractivity contribution is 9.10. The minimum atomic E-state index is -3.59. The highest BCUT2D eigenvalue weighted by Gasteiger charge is 2.29. The van der Waals surface area contributed by atoms with Crippen LogP contribution in [0, 0.1) is 5.82 Å². The lowest BCUT2D eigenvalue weighted by Crippen LogP contribution is -2.44. The number of hydrogen-bond acceptors (Lipinski definition) is 9. The molecule has 1 aliphatic rings. The maximum absolute atomic E-state index is 13.4. The van der Waals surface area contributed by atoms with Crippen LogP contribution in [-0.4, -0.2) is 72.7 Å². The van der Waals surface area contributed by atoms with Gasteiger partial charge in [-0.2, -0.15) is 0 Å². The Kier molecular flexibility index (Phi) is 8.01. The first-order valence-corrected chi connectivity index (χ1v) is 14.0. The van der Waals surface area contributed by atoms with E-state index in [9.17, 15) is 26.4 Å². The number of aryl methyl sites for hydroxylation is 1. The molecule has 14 heteroatoms. The molecule has 0 radical (unpaired) electrons. The quantitative estimate of drug-likeness (QED) is 0.252. The molecule has 1 aromatic heterocycles. The topological polar surface area (TPSA) is 143 Å². The maximum Gasteiger partial charge on any atom is 0.215 e. The zero-order valence-corrected chi connectivity index (χ0v) is 20.2. The molecule has 1 fully saturated rings. The standard InChI is InChI=1S/C18H22BrFN4O6S2/c19-14-11-13(4-5-15(14)20)12-17(21-25)18-16(22-30-23-18)3-1-8-31(26,27)9-10-32(28,29)24-6-2-7-24/h4-5,11,25H,1-3,6-10,12H2/b21-17+. The van der Waals surface area contributed by atoms with Gasteiger partial charge in [-0.3, -0.25) is 0 Å². The zero-order chi connectivity index (χ0) is 23.4. The summed E-state index contributed by atoms with van der Waals surface area (Å²) in [4.78, 5) is 0. The summed E-state index contributed by atoms with van der Waals surface area (Å²) < 4.78 is 68.3. The lowest BCUT2D eigenvalue weighted by Gasteiger charge is -2.29. The Bertz CT molecular complexity index is 1200. The number of sulfone groups is 1. The van der Waals surface area contributed by atoms with Crippen LogP contribution in [0.15, 0.2) is 32.5 Å². The summed E-state index contributed by atoms with van der Waals surface area (Å²) in [5.41, 5.74) is 1.25. The monoisotopic (exact) mass is 552 g/mol. The third kappa shape index (κ3) is 6.33. The fourth-order valence-electron chi connectivity index (χ4n) is 3.09. The van der Waals surface area contributed by atoms with Crippen molar-refractivity contribution in [3.8, 4) is 0 Å². The van der Waals surface area contributed by atoms with Crippen molar-refractivity contribution >= 4 is 41.5 Å². The van der Waals surface area contributed by atoms with E-state index in [1.54, 1.807) is 0 Å². The van der Waals surface area contributed by atoms with Gasteiger partial charge in [0, 0.05) is 19.5 Å². The van der Waals surface area contributed by atoms with E-state index in [1.165, 1.54) is 22.5 Å². The molecule has 1 N–H and O–H groups in total. The first kappa shape index (κ1) is 24.7. The van der Waals surface area contributed by atoms with Gasteiger partial charge < -0.3 is 5.21 Å². The van der Waals surface area contributed by atoms with E-state index in [-0.39, 0.29) is 40.9 Å². The molecule has 32 heavy (non-hydrogen) atoms. The minimum absolute atomic E-state index is 0.114. The number of aromatic nitrogens is 2. The molecule has 2 heterocycles. The lowest BCUT2D eigenvalue weighted by atomic mass is 10.0. The molecule has 1 aliphatic heterocycles. The molecule has 0 atom stereocenters. The van der Waals surface area contributed by atoms with Gasteiger partial charge >= 0.3 is 0 Å². The molecular formula is C18H22BrFN4O6S2. The maximum atomic E-state index is 13.4. The average molecular weight is 553 g/mol. The summed E-state index contributed by atoms with van der Waals surface area (Å²) in [5.74, 6) is -1.54. The molecule has 0 aliphatic carbocycles. The molecular weight excluding hydrogens is 531 g/mol. The second-order valence-corrected chi connectivity index (χ2v) is 12.6. The number of benzene rings is 1. The van der Waals surface area contributed by atoms with E-state index in [0.29, 0.717) is 24.3 Å². The van der Waals surface area contributed by atoms with Crippen molar-refractivity contribution in [2.45, 2.75) is 25.7 Å². The van der Waals surface area contributed by atoms with Crippen molar-refractivity contribution in [2.24, 2.45) is 5.16 Å². The average Bonchev–Trinajstić information content (AvgIpc) is 3.14. The number of oxime groups is 1. The van der Waals surface area contributed by atoms with Crippen molar-refractivity contribution in [2.75, 3.05) is 30.3 Å². The van der Waals surface area contributed by atoms with Gasteiger partial charge in [0.15, 0.2) is 15.5 Å². The Balaban J connectivity index is 1.57. The molecule has 3 rings (SSSR count). The van der Waals surface area contributed by atoms with Gasteiger partial charge in [-0.25, -0.2) is 30.2 Å². The van der Waals surface area contributed by atoms with E-state index in [0.717, 1.165) is 6.42 Å². The van der Waals surface area contributed by atoms with Crippen LogP contribution in [0.4, 0.5) is 4.39 Å². The Labute approximate surface area is 193 Å². The third-order valence-electron chi connectivity index (χ3n) is 5.04. The number of rotatable bonds is 11. The number of hydrogen-bond donors (Lipinski definition) is 1. The molecule has 176 valence electrons. The Morgan fingerprint density at radius 3 is 2.56 bits per heavy atom. The van der Waals surface area contributed by atoms with Gasteiger partial charge in [0.2, 0.25) is 10.0 Å². The van der Waals surface area contributed by atoms with E-state index in [1.807, 2.05) is 0 Å². The van der Waals surface area contributed by atoms with Crippen LogP contribution < -0.4 is 0 Å². The van der Waals surface area contributed by atoms with Gasteiger partial charge in [0.25, 0.3) is 0 Å². The lowest BCUT2D eigenvalue weighted by molar-refractivity contribution is 0.300. The summed E-state index contributed by atoms with van der Waals surface area (Å²) in [5, 5.41) is 20.2. The van der Waals surface area contributed by atoms with Crippen molar-refractivity contribution in [1.82, 2.24) is 14.6 Å². The van der Waals surface area contributed by atoms with Crippen molar-refractivity contribution in [3.05, 3.63) is 45.4 Å². The van der Waals surface area contributed by atoms with Crippen LogP contribution in [0.5, 0.6) is 0 Å². The van der Waals surface area contributed by atoms with E-state index >= 15 is 0 Å². The fourth-order valence-corrected chi connectivity index (χ4v) is 7.23. The second-order valence-electron chi connectivity index (χ2n) is 7.36. The molecule has 0 saturated carbocycles. The smallest absolute Gasteiger partial charge is 0.215 e. The van der Waals surface area contributed by atoms with Crippen LogP contribution in [0.25, 0.3) is 0 Å². The van der Waals surface area contributed by atoms with Crippen LogP contribution in [0.3, 0.4) is 0 Å². The van der Waals surface area contributed by atoms with Crippen LogP contribution in [0.1, 0.15) is 29.8 Å².